The first kappa shape index (κ1) is 21.4. The van der Waals surface area contributed by atoms with E-state index in [1.54, 1.807) is 42.7 Å². The highest BCUT2D eigenvalue weighted by Gasteiger charge is 2.20. The first-order valence-electron chi connectivity index (χ1n) is 10.0. The lowest BCUT2D eigenvalue weighted by Crippen LogP contribution is -2.24. The molecule has 8 nitrogen and oxygen atoms in total. The monoisotopic (exact) mass is 483 g/mol. The number of rotatable bonds is 6. The van der Waals surface area contributed by atoms with Gasteiger partial charge in [0.2, 0.25) is 12.7 Å². The molecule has 0 saturated carbocycles. The summed E-state index contributed by atoms with van der Waals surface area (Å²) in [7, 11) is 0. The number of carbonyl (C=O) groups is 1. The molecule has 0 atom stereocenters. The molecule has 0 radical (unpaired) electrons. The Morgan fingerprint density at radius 3 is 2.82 bits per heavy atom. The summed E-state index contributed by atoms with van der Waals surface area (Å²) < 4.78 is 17.7. The second-order valence-corrected chi connectivity index (χ2v) is 8.76. The molecule has 1 aliphatic heterocycles. The van der Waals surface area contributed by atoms with Gasteiger partial charge in [0.05, 0.1) is 29.5 Å². The molecule has 2 aromatic carbocycles. The summed E-state index contributed by atoms with van der Waals surface area (Å²) in [5.41, 5.74) is 1.74. The van der Waals surface area contributed by atoms with Crippen LogP contribution < -0.4 is 20.3 Å². The average Bonchev–Trinajstić information content (AvgIpc) is 3.47. The third-order valence-electron chi connectivity index (χ3n) is 5.11. The molecular formula is C23H18ClN3O5S. The largest absolute Gasteiger partial charge is 0.467 e. The number of nitrogens with one attached hydrogen (secondary N) is 1. The molecule has 3 heterocycles. The van der Waals surface area contributed by atoms with E-state index in [4.69, 9.17) is 25.5 Å². The van der Waals surface area contributed by atoms with Gasteiger partial charge in [0.15, 0.2) is 16.7 Å². The van der Waals surface area contributed by atoms with Gasteiger partial charge < -0.3 is 19.2 Å². The number of aromatic nitrogens is 2. The lowest BCUT2D eigenvalue weighted by molar-refractivity contribution is -0.113. The van der Waals surface area contributed by atoms with Crippen molar-refractivity contribution in [3.63, 3.8) is 0 Å². The van der Waals surface area contributed by atoms with Crippen molar-refractivity contribution in [2.75, 3.05) is 17.9 Å². The van der Waals surface area contributed by atoms with E-state index in [-0.39, 0.29) is 30.6 Å². The van der Waals surface area contributed by atoms with Crippen LogP contribution in [0.15, 0.2) is 63.1 Å². The second-order valence-electron chi connectivity index (χ2n) is 7.38. The number of fused-ring (bicyclic) bond motifs is 2. The maximum atomic E-state index is 13.3. The molecule has 5 rings (SSSR count). The van der Waals surface area contributed by atoms with Crippen molar-refractivity contribution in [3.8, 4) is 11.5 Å². The van der Waals surface area contributed by atoms with Crippen LogP contribution in [-0.4, -0.2) is 28.0 Å². The number of anilines is 1. The topological polar surface area (TPSA) is 95.6 Å². The first-order valence-corrected chi connectivity index (χ1v) is 11.4. The summed E-state index contributed by atoms with van der Waals surface area (Å²) in [4.78, 5) is 30.6. The fourth-order valence-electron chi connectivity index (χ4n) is 3.44. The molecule has 1 N–H and O–H groups in total. The van der Waals surface area contributed by atoms with Gasteiger partial charge in [-0.3, -0.25) is 14.2 Å². The van der Waals surface area contributed by atoms with Gasteiger partial charge in [-0.1, -0.05) is 29.4 Å². The number of furan rings is 1. The molecule has 168 valence electrons. The van der Waals surface area contributed by atoms with Crippen LogP contribution in [0.25, 0.3) is 10.9 Å². The normalized spacial score (nSPS) is 12.3. The molecule has 1 aliphatic rings. The molecule has 0 aliphatic carbocycles. The zero-order valence-electron chi connectivity index (χ0n) is 17.5. The Bertz CT molecular complexity index is 1420. The third kappa shape index (κ3) is 4.42. The number of hydrogen-bond donors (Lipinski definition) is 1. The van der Waals surface area contributed by atoms with Crippen molar-refractivity contribution < 1.29 is 18.7 Å². The molecule has 0 saturated heterocycles. The van der Waals surface area contributed by atoms with Gasteiger partial charge >= 0.3 is 0 Å². The summed E-state index contributed by atoms with van der Waals surface area (Å²) in [6.07, 6.45) is 1.54. The number of carbonyl (C=O) groups excluding carboxylic acids is 1. The minimum Gasteiger partial charge on any atom is -0.467 e. The maximum Gasteiger partial charge on any atom is 0.262 e. The Hall–Kier alpha value is -3.43. The lowest BCUT2D eigenvalue weighted by atomic mass is 10.2. The number of halogens is 1. The van der Waals surface area contributed by atoms with E-state index in [1.165, 1.54) is 4.57 Å². The van der Waals surface area contributed by atoms with Crippen LogP contribution in [0.3, 0.4) is 0 Å². The van der Waals surface area contributed by atoms with E-state index in [2.05, 4.69) is 10.3 Å². The first-order chi connectivity index (χ1) is 16.0. The molecule has 1 amide bonds. The maximum absolute atomic E-state index is 13.3. The molecule has 33 heavy (non-hydrogen) atoms. The zero-order chi connectivity index (χ0) is 22.9. The molecule has 0 bridgehead atoms. The summed E-state index contributed by atoms with van der Waals surface area (Å²) in [5, 5.41) is 4.18. The Balaban J connectivity index is 1.46. The molecule has 4 aromatic rings. The fraction of sp³-hybridized carbons (Fsp3) is 0.174. The summed E-state index contributed by atoms with van der Waals surface area (Å²) in [6.45, 7) is 2.16. The van der Waals surface area contributed by atoms with Crippen LogP contribution in [0.4, 0.5) is 5.69 Å². The van der Waals surface area contributed by atoms with Crippen LogP contribution in [-0.2, 0) is 11.3 Å². The van der Waals surface area contributed by atoms with E-state index in [0.29, 0.717) is 44.0 Å². The fourth-order valence-corrected chi connectivity index (χ4v) is 4.41. The Morgan fingerprint density at radius 1 is 1.21 bits per heavy atom. The molecule has 0 unspecified atom stereocenters. The SMILES string of the molecule is Cc1ccc(Cl)cc1NC(=O)CSc1nc2cc3c(cc2c(=O)n1Cc1ccco1)OCO3. The number of hydrogen-bond acceptors (Lipinski definition) is 7. The number of benzene rings is 2. The van der Waals surface area contributed by atoms with Crippen molar-refractivity contribution in [3.05, 3.63) is 75.4 Å². The van der Waals surface area contributed by atoms with E-state index in [0.717, 1.165) is 17.3 Å². The standard InChI is InChI=1S/C23H18ClN3O5S/c1-13-4-5-14(24)7-17(13)25-21(28)11-33-23-26-18-9-20-19(31-12-32-20)8-16(18)22(29)27(23)10-15-3-2-6-30-15/h2-9H,10-12H2,1H3,(H,25,28). The average molecular weight is 484 g/mol. The highest BCUT2D eigenvalue weighted by molar-refractivity contribution is 7.99. The van der Waals surface area contributed by atoms with Crippen LogP contribution in [0.5, 0.6) is 11.5 Å². The lowest BCUT2D eigenvalue weighted by Gasteiger charge is -2.13. The van der Waals surface area contributed by atoms with Gasteiger partial charge in [0.25, 0.3) is 5.56 Å². The van der Waals surface area contributed by atoms with Crippen LogP contribution in [0.2, 0.25) is 5.02 Å². The van der Waals surface area contributed by atoms with Crippen molar-refractivity contribution in [1.29, 1.82) is 0 Å². The molecule has 2 aromatic heterocycles. The number of aryl methyl sites for hydroxylation is 1. The molecule has 0 spiro atoms. The Morgan fingerprint density at radius 2 is 2.03 bits per heavy atom. The van der Waals surface area contributed by atoms with Crippen LogP contribution in [0, 0.1) is 6.92 Å². The van der Waals surface area contributed by atoms with Crippen molar-refractivity contribution in [1.82, 2.24) is 9.55 Å². The third-order valence-corrected chi connectivity index (χ3v) is 6.33. The predicted molar refractivity (Wildman–Crippen MR) is 125 cm³/mol. The summed E-state index contributed by atoms with van der Waals surface area (Å²) in [6, 6.07) is 12.1. The minimum absolute atomic E-state index is 0.0482. The van der Waals surface area contributed by atoms with E-state index < -0.39 is 0 Å². The Labute approximate surface area is 197 Å². The predicted octanol–water partition coefficient (Wildman–Crippen LogP) is 4.46. The molecule has 0 fully saturated rings. The van der Waals surface area contributed by atoms with Crippen molar-refractivity contribution in [2.45, 2.75) is 18.6 Å². The Kier molecular flexibility index (Phi) is 5.74. The van der Waals surface area contributed by atoms with E-state index in [9.17, 15) is 9.59 Å². The zero-order valence-corrected chi connectivity index (χ0v) is 19.0. The minimum atomic E-state index is -0.261. The van der Waals surface area contributed by atoms with Gasteiger partial charge in [-0.2, -0.15) is 0 Å². The number of ether oxygens (including phenoxy) is 2. The van der Waals surface area contributed by atoms with Crippen LogP contribution >= 0.6 is 23.4 Å². The van der Waals surface area contributed by atoms with Gasteiger partial charge in [0.1, 0.15) is 5.76 Å². The smallest absolute Gasteiger partial charge is 0.262 e. The number of thioether (sulfide) groups is 1. The summed E-state index contributed by atoms with van der Waals surface area (Å²) >= 11 is 7.20. The number of nitrogens with zero attached hydrogens (tertiary/aromatic N) is 2. The number of amides is 1. The van der Waals surface area contributed by atoms with E-state index in [1.807, 2.05) is 13.0 Å². The van der Waals surface area contributed by atoms with E-state index >= 15 is 0 Å². The molecular weight excluding hydrogens is 466 g/mol. The van der Waals surface area contributed by atoms with Crippen molar-refractivity contribution in [2.24, 2.45) is 0 Å². The quantitative estimate of drug-likeness (QED) is 0.319. The highest BCUT2D eigenvalue weighted by atomic mass is 35.5. The molecule has 10 heteroatoms. The van der Waals surface area contributed by atoms with Gasteiger partial charge in [-0.25, -0.2) is 4.98 Å². The van der Waals surface area contributed by atoms with Crippen molar-refractivity contribution >= 4 is 45.9 Å². The van der Waals surface area contributed by atoms with Gasteiger partial charge in [-0.15, -0.1) is 0 Å². The van der Waals surface area contributed by atoms with Gasteiger partial charge in [0, 0.05) is 16.8 Å². The second kappa shape index (κ2) is 8.84. The highest BCUT2D eigenvalue weighted by Crippen LogP contribution is 2.35. The van der Waals surface area contributed by atoms with Crippen LogP contribution in [0.1, 0.15) is 11.3 Å². The summed E-state index contributed by atoms with van der Waals surface area (Å²) in [5.74, 6) is 1.44. The van der Waals surface area contributed by atoms with Gasteiger partial charge in [-0.05, 0) is 42.8 Å².